The van der Waals surface area contributed by atoms with Gasteiger partial charge in [0.1, 0.15) is 22.2 Å². The van der Waals surface area contributed by atoms with E-state index in [2.05, 4.69) is 4.98 Å². The number of anilines is 1. The number of ether oxygens (including phenoxy) is 2. The minimum Gasteiger partial charge on any atom is -0.507 e. The monoisotopic (exact) mass is 482 g/mol. The zero-order valence-electron chi connectivity index (χ0n) is 18.4. The molecule has 0 spiro atoms. The number of ketones is 1. The molecule has 8 nitrogen and oxygen atoms in total. The number of benzene rings is 2. The van der Waals surface area contributed by atoms with Gasteiger partial charge in [-0.2, -0.15) is 0 Å². The molecule has 1 unspecified atom stereocenters. The molecule has 2 heterocycles. The molecule has 0 radical (unpaired) electrons. The second-order valence-electron chi connectivity index (χ2n) is 7.36. The molecule has 1 aromatic heterocycles. The van der Waals surface area contributed by atoms with Gasteiger partial charge in [0.15, 0.2) is 5.13 Å². The lowest BCUT2D eigenvalue weighted by atomic mass is 9.95. The van der Waals surface area contributed by atoms with Gasteiger partial charge in [-0.05, 0) is 48.9 Å². The highest BCUT2D eigenvalue weighted by atomic mass is 32.1. The molecule has 10 heteroatoms. The predicted molar refractivity (Wildman–Crippen MR) is 122 cm³/mol. The number of Topliss-reactive ketones (excluding diaryl/α,β-unsaturated/α-hetero) is 1. The van der Waals surface area contributed by atoms with Crippen LogP contribution in [0.25, 0.3) is 5.76 Å². The Bertz CT molecular complexity index is 1330. The van der Waals surface area contributed by atoms with E-state index in [0.717, 1.165) is 28.4 Å². The Balaban J connectivity index is 1.95. The smallest absolute Gasteiger partial charge is 0.350 e. The molecule has 1 amide bonds. The summed E-state index contributed by atoms with van der Waals surface area (Å²) in [6.07, 6.45) is 0. The van der Waals surface area contributed by atoms with Gasteiger partial charge in [0.2, 0.25) is 0 Å². The molecule has 1 fully saturated rings. The Labute approximate surface area is 197 Å². The molecule has 1 aliphatic rings. The van der Waals surface area contributed by atoms with Gasteiger partial charge in [-0.15, -0.1) is 0 Å². The van der Waals surface area contributed by atoms with Gasteiger partial charge in [0, 0.05) is 5.56 Å². The van der Waals surface area contributed by atoms with E-state index in [1.807, 2.05) is 0 Å². The zero-order chi connectivity index (χ0) is 24.6. The van der Waals surface area contributed by atoms with E-state index in [4.69, 9.17) is 9.47 Å². The highest BCUT2D eigenvalue weighted by Crippen LogP contribution is 2.44. The summed E-state index contributed by atoms with van der Waals surface area (Å²) in [4.78, 5) is 44.1. The van der Waals surface area contributed by atoms with Crippen molar-refractivity contribution < 1.29 is 33.4 Å². The minimum atomic E-state index is -1.07. The highest BCUT2D eigenvalue weighted by molar-refractivity contribution is 7.17. The number of halogens is 1. The third kappa shape index (κ3) is 3.92. The first-order valence-electron chi connectivity index (χ1n) is 10.0. The van der Waals surface area contributed by atoms with Gasteiger partial charge < -0.3 is 14.6 Å². The lowest BCUT2D eigenvalue weighted by Gasteiger charge is -2.23. The first kappa shape index (κ1) is 23.1. The summed E-state index contributed by atoms with van der Waals surface area (Å²) in [5, 5.41) is 11.1. The van der Waals surface area contributed by atoms with Gasteiger partial charge in [0.05, 0.1) is 31.5 Å². The first-order chi connectivity index (χ1) is 16.3. The Morgan fingerprint density at radius 3 is 2.50 bits per heavy atom. The molecule has 34 heavy (non-hydrogen) atoms. The second kappa shape index (κ2) is 9.06. The van der Waals surface area contributed by atoms with E-state index in [9.17, 15) is 23.9 Å². The number of amides is 1. The summed E-state index contributed by atoms with van der Waals surface area (Å²) in [6, 6.07) is 10.5. The predicted octanol–water partition coefficient (Wildman–Crippen LogP) is 4.01. The standard InChI is InChI=1S/C24H19FN2O6S/c1-12-21(23(31)33-3)34-24(26-12)27-18(14-5-4-6-16(11-14)32-2)17(20(29)22(27)30)19(28)13-7-9-15(25)10-8-13/h4-11,18,28H,1-3H3. The van der Waals surface area contributed by atoms with Crippen molar-refractivity contribution in [1.29, 1.82) is 0 Å². The number of hydrogen-bond acceptors (Lipinski definition) is 8. The molecule has 1 N–H and O–H groups in total. The number of methoxy groups -OCH3 is 2. The van der Waals surface area contributed by atoms with E-state index in [1.54, 1.807) is 31.2 Å². The van der Waals surface area contributed by atoms with Crippen molar-refractivity contribution in [3.63, 3.8) is 0 Å². The number of nitrogens with zero attached hydrogens (tertiary/aromatic N) is 2. The normalized spacial score (nSPS) is 17.2. The topological polar surface area (TPSA) is 106 Å². The molecule has 0 saturated carbocycles. The van der Waals surface area contributed by atoms with Crippen molar-refractivity contribution >= 4 is 39.9 Å². The number of carbonyl (C=O) groups is 3. The average molecular weight is 482 g/mol. The van der Waals surface area contributed by atoms with Crippen LogP contribution in [0.3, 0.4) is 0 Å². The molecule has 2 aromatic carbocycles. The summed E-state index contributed by atoms with van der Waals surface area (Å²) in [6.45, 7) is 1.59. The van der Waals surface area contributed by atoms with E-state index in [1.165, 1.54) is 26.4 Å². The summed E-state index contributed by atoms with van der Waals surface area (Å²) in [5.41, 5.74) is 0.765. The van der Waals surface area contributed by atoms with Crippen LogP contribution in [0, 0.1) is 12.7 Å². The van der Waals surface area contributed by atoms with Gasteiger partial charge in [-0.25, -0.2) is 14.2 Å². The summed E-state index contributed by atoms with van der Waals surface area (Å²) in [5.74, 6) is -3.01. The van der Waals surface area contributed by atoms with Gasteiger partial charge in [-0.1, -0.05) is 23.5 Å². The quantitative estimate of drug-likeness (QED) is 0.253. The number of carbonyl (C=O) groups excluding carboxylic acids is 3. The fourth-order valence-corrected chi connectivity index (χ4v) is 4.70. The lowest BCUT2D eigenvalue weighted by molar-refractivity contribution is -0.132. The molecular weight excluding hydrogens is 463 g/mol. The van der Waals surface area contributed by atoms with Crippen LogP contribution in [0.4, 0.5) is 9.52 Å². The average Bonchev–Trinajstić information content (AvgIpc) is 3.35. The van der Waals surface area contributed by atoms with Crippen molar-refractivity contribution in [2.24, 2.45) is 0 Å². The van der Waals surface area contributed by atoms with Gasteiger partial charge >= 0.3 is 11.9 Å². The maximum Gasteiger partial charge on any atom is 0.350 e. The maximum absolute atomic E-state index is 13.4. The minimum absolute atomic E-state index is 0.0889. The number of thiazole rings is 1. The van der Waals surface area contributed by atoms with Crippen molar-refractivity contribution in [2.45, 2.75) is 13.0 Å². The fraction of sp³-hybridized carbons (Fsp3) is 0.167. The maximum atomic E-state index is 13.4. The molecule has 1 aliphatic heterocycles. The van der Waals surface area contributed by atoms with Crippen LogP contribution in [0.5, 0.6) is 5.75 Å². The van der Waals surface area contributed by atoms with Crippen molar-refractivity contribution in [2.75, 3.05) is 19.1 Å². The zero-order valence-corrected chi connectivity index (χ0v) is 19.2. The van der Waals surface area contributed by atoms with E-state index >= 15 is 0 Å². The number of esters is 1. The Morgan fingerprint density at radius 1 is 1.15 bits per heavy atom. The number of rotatable bonds is 5. The molecule has 4 rings (SSSR count). The van der Waals surface area contributed by atoms with Crippen LogP contribution < -0.4 is 9.64 Å². The Hall–Kier alpha value is -4.05. The number of aliphatic hydroxyl groups excluding tert-OH is 1. The van der Waals surface area contributed by atoms with Crippen molar-refractivity contribution in [1.82, 2.24) is 4.98 Å². The van der Waals surface area contributed by atoms with Crippen LogP contribution in [0.2, 0.25) is 0 Å². The van der Waals surface area contributed by atoms with Crippen LogP contribution in [0.15, 0.2) is 54.1 Å². The molecule has 0 aliphatic carbocycles. The first-order valence-corrected chi connectivity index (χ1v) is 10.8. The van der Waals surface area contributed by atoms with Crippen molar-refractivity contribution in [3.05, 3.63) is 81.6 Å². The second-order valence-corrected chi connectivity index (χ2v) is 8.33. The van der Waals surface area contributed by atoms with Gasteiger partial charge in [-0.3, -0.25) is 14.5 Å². The highest BCUT2D eigenvalue weighted by Gasteiger charge is 2.48. The largest absolute Gasteiger partial charge is 0.507 e. The third-order valence-electron chi connectivity index (χ3n) is 5.33. The third-order valence-corrected chi connectivity index (χ3v) is 6.47. The van der Waals surface area contributed by atoms with Crippen LogP contribution in [-0.2, 0) is 14.3 Å². The number of hydrogen-bond donors (Lipinski definition) is 1. The van der Waals surface area contributed by atoms with E-state index in [0.29, 0.717) is 17.0 Å². The Morgan fingerprint density at radius 2 is 1.85 bits per heavy atom. The molecule has 3 aromatic rings. The summed E-state index contributed by atoms with van der Waals surface area (Å²) < 4.78 is 23.5. The summed E-state index contributed by atoms with van der Waals surface area (Å²) in [7, 11) is 2.70. The van der Waals surface area contributed by atoms with Crippen LogP contribution in [0.1, 0.15) is 32.5 Å². The molecule has 174 valence electrons. The van der Waals surface area contributed by atoms with Crippen molar-refractivity contribution in [3.8, 4) is 5.75 Å². The number of aryl methyl sites for hydroxylation is 1. The van der Waals surface area contributed by atoms with Crippen LogP contribution >= 0.6 is 11.3 Å². The van der Waals surface area contributed by atoms with Crippen LogP contribution in [-0.4, -0.2) is 42.0 Å². The molecule has 1 atom stereocenters. The fourth-order valence-electron chi connectivity index (χ4n) is 3.69. The molecular formula is C24H19FN2O6S. The van der Waals surface area contributed by atoms with Gasteiger partial charge in [0.25, 0.3) is 5.78 Å². The molecule has 1 saturated heterocycles. The molecule has 0 bridgehead atoms. The number of aromatic nitrogens is 1. The van der Waals surface area contributed by atoms with E-state index in [-0.39, 0.29) is 21.1 Å². The van der Waals surface area contributed by atoms with E-state index < -0.39 is 35.3 Å². The number of aliphatic hydroxyl groups is 1. The summed E-state index contributed by atoms with van der Waals surface area (Å²) >= 11 is 0.897. The SMILES string of the molecule is COC(=O)c1sc(N2C(=O)C(=O)C(=C(O)c3ccc(F)cc3)C2c2cccc(OC)c2)nc1C. The Kier molecular flexibility index (Phi) is 6.16. The lowest BCUT2D eigenvalue weighted by Crippen LogP contribution is -2.29.